The monoisotopic (exact) mass is 400 g/mol. The van der Waals surface area contributed by atoms with Crippen molar-refractivity contribution < 1.29 is 19.4 Å². The summed E-state index contributed by atoms with van der Waals surface area (Å²) in [5.74, 6) is -0.156. The molecule has 8 nitrogen and oxygen atoms in total. The van der Waals surface area contributed by atoms with E-state index < -0.39 is 5.97 Å². The predicted octanol–water partition coefficient (Wildman–Crippen LogP) is 3.22. The van der Waals surface area contributed by atoms with E-state index in [1.807, 2.05) is 25.1 Å². The van der Waals surface area contributed by atoms with Crippen molar-refractivity contribution in [3.8, 4) is 5.75 Å². The standard InChI is InChI=1S/C19H20N4O4S/c1-10-5-6-12(13(7-10)27-8-14(24)23(3)4)22-17-15-11(2)16(19(25)26)28-18(15)21-9-20-17/h5-7,9H,8H2,1-4H3,(H,25,26)(H,20,21,22). The SMILES string of the molecule is Cc1ccc(Nc2ncnc3sc(C(=O)O)c(C)c23)c(OCC(=O)N(C)C)c1. The predicted molar refractivity (Wildman–Crippen MR) is 108 cm³/mol. The third kappa shape index (κ3) is 3.89. The number of ether oxygens (including phenoxy) is 1. The molecule has 0 radical (unpaired) electrons. The fourth-order valence-electron chi connectivity index (χ4n) is 2.62. The second-order valence-electron chi connectivity index (χ2n) is 6.47. The Labute approximate surface area is 165 Å². The number of nitrogens with zero attached hydrogens (tertiary/aromatic N) is 3. The Morgan fingerprint density at radius 3 is 2.68 bits per heavy atom. The number of nitrogens with one attached hydrogen (secondary N) is 1. The van der Waals surface area contributed by atoms with Crippen LogP contribution in [-0.2, 0) is 4.79 Å². The third-order valence-electron chi connectivity index (χ3n) is 4.16. The average Bonchev–Trinajstić information content (AvgIpc) is 2.99. The number of carboxylic acids is 1. The summed E-state index contributed by atoms with van der Waals surface area (Å²) >= 11 is 1.11. The van der Waals surface area contributed by atoms with Gasteiger partial charge in [-0.1, -0.05) is 6.07 Å². The Bertz CT molecular complexity index is 1060. The summed E-state index contributed by atoms with van der Waals surface area (Å²) in [5.41, 5.74) is 2.21. The van der Waals surface area contributed by atoms with Gasteiger partial charge in [0.25, 0.3) is 5.91 Å². The van der Waals surface area contributed by atoms with Crippen molar-refractivity contribution in [1.82, 2.24) is 14.9 Å². The summed E-state index contributed by atoms with van der Waals surface area (Å²) < 4.78 is 5.71. The van der Waals surface area contributed by atoms with Gasteiger partial charge < -0.3 is 20.1 Å². The topological polar surface area (TPSA) is 105 Å². The number of carboxylic acid groups (broad SMARTS) is 1. The second-order valence-corrected chi connectivity index (χ2v) is 7.46. The number of carbonyl (C=O) groups is 2. The number of fused-ring (bicyclic) bond motifs is 1. The lowest BCUT2D eigenvalue weighted by molar-refractivity contribution is -0.130. The minimum absolute atomic E-state index is 0.0923. The Balaban J connectivity index is 1.98. The van der Waals surface area contributed by atoms with Gasteiger partial charge in [0.1, 0.15) is 27.6 Å². The highest BCUT2D eigenvalue weighted by atomic mass is 32.1. The number of aromatic carboxylic acids is 1. The van der Waals surface area contributed by atoms with Crippen molar-refractivity contribution in [1.29, 1.82) is 0 Å². The quantitative estimate of drug-likeness (QED) is 0.654. The fourth-order valence-corrected chi connectivity index (χ4v) is 3.61. The lowest BCUT2D eigenvalue weighted by Gasteiger charge is -2.16. The smallest absolute Gasteiger partial charge is 0.346 e. The molecule has 3 aromatic rings. The van der Waals surface area contributed by atoms with Crippen molar-refractivity contribution in [2.75, 3.05) is 26.0 Å². The number of amides is 1. The van der Waals surface area contributed by atoms with Crippen molar-refractivity contribution in [2.24, 2.45) is 0 Å². The molecule has 2 N–H and O–H groups in total. The molecular weight excluding hydrogens is 380 g/mol. The first-order valence-corrected chi connectivity index (χ1v) is 9.27. The lowest BCUT2D eigenvalue weighted by atomic mass is 10.2. The Hall–Kier alpha value is -3.20. The zero-order chi connectivity index (χ0) is 20.4. The van der Waals surface area contributed by atoms with E-state index in [-0.39, 0.29) is 17.4 Å². The molecule has 0 aliphatic carbocycles. The molecule has 146 valence electrons. The highest BCUT2D eigenvalue weighted by Crippen LogP contribution is 2.36. The normalized spacial score (nSPS) is 10.7. The average molecular weight is 400 g/mol. The highest BCUT2D eigenvalue weighted by molar-refractivity contribution is 7.20. The van der Waals surface area contributed by atoms with Crippen molar-refractivity contribution in [2.45, 2.75) is 13.8 Å². The molecule has 0 unspecified atom stereocenters. The zero-order valence-corrected chi connectivity index (χ0v) is 16.8. The van der Waals surface area contributed by atoms with Crippen LogP contribution in [0, 0.1) is 13.8 Å². The molecule has 0 atom stereocenters. The molecule has 28 heavy (non-hydrogen) atoms. The molecule has 0 fully saturated rings. The number of thiophene rings is 1. The molecule has 0 saturated heterocycles. The van der Waals surface area contributed by atoms with Gasteiger partial charge in [-0.25, -0.2) is 14.8 Å². The lowest BCUT2D eigenvalue weighted by Crippen LogP contribution is -2.27. The summed E-state index contributed by atoms with van der Waals surface area (Å²) in [6, 6.07) is 5.57. The summed E-state index contributed by atoms with van der Waals surface area (Å²) in [7, 11) is 3.33. The number of aromatic nitrogens is 2. The number of likely N-dealkylation sites (N-methyl/N-ethyl adjacent to an activating group) is 1. The van der Waals surface area contributed by atoms with Crippen LogP contribution >= 0.6 is 11.3 Å². The fraction of sp³-hybridized carbons (Fsp3) is 0.263. The van der Waals surface area contributed by atoms with E-state index in [0.29, 0.717) is 33.0 Å². The van der Waals surface area contributed by atoms with Gasteiger partial charge in [-0.3, -0.25) is 4.79 Å². The first-order valence-electron chi connectivity index (χ1n) is 8.46. The number of aryl methyl sites for hydroxylation is 2. The van der Waals surface area contributed by atoms with Gasteiger partial charge in [-0.2, -0.15) is 0 Å². The molecule has 0 aliphatic rings. The minimum atomic E-state index is -0.993. The Morgan fingerprint density at radius 2 is 2.00 bits per heavy atom. The molecule has 2 aromatic heterocycles. The van der Waals surface area contributed by atoms with E-state index >= 15 is 0 Å². The van der Waals surface area contributed by atoms with E-state index in [1.165, 1.54) is 11.2 Å². The van der Waals surface area contributed by atoms with Crippen LogP contribution < -0.4 is 10.1 Å². The Kier molecular flexibility index (Phi) is 5.46. The maximum Gasteiger partial charge on any atom is 0.346 e. The number of benzene rings is 1. The van der Waals surface area contributed by atoms with Gasteiger partial charge in [0.05, 0.1) is 11.1 Å². The number of rotatable bonds is 6. The number of hydrogen-bond donors (Lipinski definition) is 2. The van der Waals surface area contributed by atoms with Crippen LogP contribution in [0.3, 0.4) is 0 Å². The van der Waals surface area contributed by atoms with E-state index in [4.69, 9.17) is 4.74 Å². The van der Waals surface area contributed by atoms with Gasteiger partial charge in [0, 0.05) is 14.1 Å². The summed E-state index contributed by atoms with van der Waals surface area (Å²) in [6.07, 6.45) is 1.39. The second kappa shape index (κ2) is 7.81. The van der Waals surface area contributed by atoms with Gasteiger partial charge in [-0.05, 0) is 37.1 Å². The number of anilines is 2. The maximum atomic E-state index is 11.9. The van der Waals surface area contributed by atoms with Crippen LogP contribution in [0.25, 0.3) is 10.2 Å². The van der Waals surface area contributed by atoms with Crippen LogP contribution in [0.1, 0.15) is 20.8 Å². The minimum Gasteiger partial charge on any atom is -0.482 e. The van der Waals surface area contributed by atoms with Gasteiger partial charge >= 0.3 is 5.97 Å². The van der Waals surface area contributed by atoms with Crippen LogP contribution in [0.5, 0.6) is 5.75 Å². The van der Waals surface area contributed by atoms with Gasteiger partial charge in [0.15, 0.2) is 6.61 Å². The molecule has 0 spiro atoms. The van der Waals surface area contributed by atoms with Crippen molar-refractivity contribution in [3.63, 3.8) is 0 Å². The van der Waals surface area contributed by atoms with Crippen LogP contribution in [0.2, 0.25) is 0 Å². The van der Waals surface area contributed by atoms with Gasteiger partial charge in [0.2, 0.25) is 0 Å². The van der Waals surface area contributed by atoms with Crippen LogP contribution in [-0.4, -0.2) is 52.6 Å². The van der Waals surface area contributed by atoms with E-state index in [9.17, 15) is 14.7 Å². The summed E-state index contributed by atoms with van der Waals surface area (Å²) in [5, 5.41) is 13.2. The number of carbonyl (C=O) groups excluding carboxylic acids is 1. The highest BCUT2D eigenvalue weighted by Gasteiger charge is 2.19. The third-order valence-corrected chi connectivity index (χ3v) is 5.35. The largest absolute Gasteiger partial charge is 0.482 e. The van der Waals surface area contributed by atoms with Crippen LogP contribution in [0.4, 0.5) is 11.5 Å². The van der Waals surface area contributed by atoms with Crippen LogP contribution in [0.15, 0.2) is 24.5 Å². The molecule has 1 aromatic carbocycles. The van der Waals surface area contributed by atoms with Gasteiger partial charge in [-0.15, -0.1) is 11.3 Å². The molecule has 0 aliphatic heterocycles. The van der Waals surface area contributed by atoms with E-state index in [1.54, 1.807) is 21.0 Å². The first kappa shape index (κ1) is 19.6. The molecule has 9 heteroatoms. The number of hydrogen-bond acceptors (Lipinski definition) is 7. The Morgan fingerprint density at radius 1 is 1.25 bits per heavy atom. The molecule has 0 saturated carbocycles. The zero-order valence-electron chi connectivity index (χ0n) is 15.9. The molecule has 0 bridgehead atoms. The van der Waals surface area contributed by atoms with Crippen molar-refractivity contribution in [3.05, 3.63) is 40.5 Å². The molecule has 3 rings (SSSR count). The molecule has 1 amide bonds. The first-order chi connectivity index (χ1) is 13.3. The van der Waals surface area contributed by atoms with E-state index in [2.05, 4.69) is 15.3 Å². The summed E-state index contributed by atoms with van der Waals surface area (Å²) in [4.78, 5) is 34.1. The molecular formula is C19H20N4O4S. The van der Waals surface area contributed by atoms with Crippen molar-refractivity contribution >= 4 is 44.9 Å². The summed E-state index contributed by atoms with van der Waals surface area (Å²) in [6.45, 7) is 3.57. The molecule has 2 heterocycles. The van der Waals surface area contributed by atoms with E-state index in [0.717, 1.165) is 16.9 Å². The maximum absolute atomic E-state index is 11.9.